The van der Waals surface area contributed by atoms with Crippen molar-refractivity contribution in [3.63, 3.8) is 0 Å². The summed E-state index contributed by atoms with van der Waals surface area (Å²) in [5.41, 5.74) is 17.4. The fourth-order valence-electron chi connectivity index (χ4n) is 3.62. The van der Waals surface area contributed by atoms with Crippen LogP contribution < -0.4 is 11.5 Å². The number of hydrogen-bond acceptors (Lipinski definition) is 3. The molecule has 0 saturated carbocycles. The molecule has 4 aromatic rings. The van der Waals surface area contributed by atoms with Crippen LogP contribution in [-0.2, 0) is 12.8 Å². The summed E-state index contributed by atoms with van der Waals surface area (Å²) in [6, 6.07) is 20.1. The number of H-pyrrole nitrogens is 1. The lowest BCUT2D eigenvalue weighted by atomic mass is 10.0. The number of nitrogens with one attached hydrogen (secondary N) is 1. The predicted molar refractivity (Wildman–Crippen MR) is 112 cm³/mol. The number of pyridine rings is 1. The third kappa shape index (κ3) is 3.66. The van der Waals surface area contributed by atoms with E-state index in [1.807, 2.05) is 30.5 Å². The maximum atomic E-state index is 11.0. The number of rotatable bonds is 2. The molecule has 5 heteroatoms. The minimum Gasteiger partial charge on any atom is -0.366 e. The number of benzene rings is 2. The minimum atomic E-state index is -0.414. The molecule has 0 atom stereocenters. The van der Waals surface area contributed by atoms with Crippen LogP contribution in [0.1, 0.15) is 21.5 Å². The summed E-state index contributed by atoms with van der Waals surface area (Å²) < 4.78 is 0. The number of aromatic nitrogens is 2. The monoisotopic (exact) mass is 370 g/mol. The van der Waals surface area contributed by atoms with Gasteiger partial charge in [-0.3, -0.25) is 4.79 Å². The quantitative estimate of drug-likeness (QED) is 0.504. The smallest absolute Gasteiger partial charge is 0.248 e. The summed E-state index contributed by atoms with van der Waals surface area (Å²) >= 11 is 0. The Hall–Kier alpha value is -3.44. The van der Waals surface area contributed by atoms with Gasteiger partial charge in [-0.05, 0) is 59.4 Å². The number of nitrogens with zero attached hydrogens (tertiary/aromatic N) is 1. The summed E-state index contributed by atoms with van der Waals surface area (Å²) in [6.07, 6.45) is 5.75. The van der Waals surface area contributed by atoms with Gasteiger partial charge < -0.3 is 16.5 Å². The summed E-state index contributed by atoms with van der Waals surface area (Å²) in [5, 5.41) is 1.06. The van der Waals surface area contributed by atoms with Crippen LogP contribution in [-0.4, -0.2) is 21.9 Å². The number of carbonyl (C=O) groups is 1. The van der Waals surface area contributed by atoms with Crippen molar-refractivity contribution in [1.29, 1.82) is 0 Å². The van der Waals surface area contributed by atoms with E-state index in [4.69, 9.17) is 11.5 Å². The molecule has 5 nitrogen and oxygen atoms in total. The minimum absolute atomic E-state index is 0.373. The number of primary amides is 1. The number of hydrogen-bond donors (Lipinski definition) is 3. The Morgan fingerprint density at radius 2 is 1.64 bits per heavy atom. The van der Waals surface area contributed by atoms with Crippen LogP contribution in [0.15, 0.2) is 73.1 Å². The zero-order valence-electron chi connectivity index (χ0n) is 15.4. The molecule has 5 N–H and O–H groups in total. The fourth-order valence-corrected chi connectivity index (χ4v) is 3.62. The molecule has 0 unspecified atom stereocenters. The fraction of sp³-hybridized carbons (Fsp3) is 0.130. The Morgan fingerprint density at radius 1 is 0.964 bits per heavy atom. The van der Waals surface area contributed by atoms with E-state index in [-0.39, 0.29) is 0 Å². The van der Waals surface area contributed by atoms with Gasteiger partial charge in [0.2, 0.25) is 5.91 Å². The van der Waals surface area contributed by atoms with Gasteiger partial charge in [0.15, 0.2) is 0 Å². The zero-order chi connectivity index (χ0) is 19.5. The van der Waals surface area contributed by atoms with E-state index in [1.54, 1.807) is 18.3 Å². The van der Waals surface area contributed by atoms with Crippen molar-refractivity contribution in [3.8, 4) is 11.1 Å². The SMILES string of the molecule is NC(=O)c1ccc(-c2ccnc3[nH]ccc23)cc1.NC1Cc2ccccc2C1. The molecular formula is C23H22N4O. The van der Waals surface area contributed by atoms with Gasteiger partial charge in [-0.2, -0.15) is 0 Å². The molecule has 2 heterocycles. The molecule has 28 heavy (non-hydrogen) atoms. The maximum Gasteiger partial charge on any atom is 0.248 e. The zero-order valence-corrected chi connectivity index (χ0v) is 15.4. The first-order valence-electron chi connectivity index (χ1n) is 9.26. The highest BCUT2D eigenvalue weighted by molar-refractivity contribution is 5.95. The Balaban J connectivity index is 0.000000162. The Labute approximate surface area is 163 Å². The van der Waals surface area contributed by atoms with Crippen LogP contribution in [0.25, 0.3) is 22.2 Å². The molecule has 2 aromatic heterocycles. The molecule has 0 radical (unpaired) electrons. The van der Waals surface area contributed by atoms with Crippen molar-refractivity contribution in [3.05, 3.63) is 89.7 Å². The lowest BCUT2D eigenvalue weighted by molar-refractivity contribution is 0.100. The lowest BCUT2D eigenvalue weighted by Gasteiger charge is -2.04. The predicted octanol–water partition coefficient (Wildman–Crippen LogP) is 3.44. The number of amides is 1. The second-order valence-electron chi connectivity index (χ2n) is 6.98. The molecule has 2 aromatic carbocycles. The van der Waals surface area contributed by atoms with Gasteiger partial charge in [-0.1, -0.05) is 36.4 Å². The molecule has 1 aliphatic carbocycles. The highest BCUT2D eigenvalue weighted by Crippen LogP contribution is 2.27. The Bertz CT molecular complexity index is 1090. The molecule has 0 aliphatic heterocycles. The largest absolute Gasteiger partial charge is 0.366 e. The lowest BCUT2D eigenvalue weighted by Crippen LogP contribution is -2.18. The number of carbonyl (C=O) groups excluding carboxylic acids is 1. The molecule has 0 fully saturated rings. The van der Waals surface area contributed by atoms with E-state index < -0.39 is 5.91 Å². The normalized spacial score (nSPS) is 13.0. The maximum absolute atomic E-state index is 11.0. The average molecular weight is 370 g/mol. The molecule has 5 rings (SSSR count). The standard InChI is InChI=1S/C14H11N3O.C9H11N/c15-13(18)10-3-1-9(2-4-10)11-5-7-16-14-12(11)6-8-17-14;10-9-5-7-3-1-2-4-8(7)6-9/h1-8H,(H2,15,18)(H,16,17);1-4,9H,5-6,10H2. The van der Waals surface area contributed by atoms with Gasteiger partial charge in [0.1, 0.15) is 5.65 Å². The second kappa shape index (κ2) is 7.66. The van der Waals surface area contributed by atoms with Crippen LogP contribution in [0.2, 0.25) is 0 Å². The van der Waals surface area contributed by atoms with Crippen LogP contribution in [0.4, 0.5) is 0 Å². The number of fused-ring (bicyclic) bond motifs is 2. The molecule has 140 valence electrons. The van der Waals surface area contributed by atoms with Gasteiger partial charge >= 0.3 is 0 Å². The third-order valence-corrected chi connectivity index (χ3v) is 5.02. The number of nitrogens with two attached hydrogens (primary N) is 2. The molecule has 0 saturated heterocycles. The van der Waals surface area contributed by atoms with Gasteiger partial charge in [0.05, 0.1) is 0 Å². The average Bonchev–Trinajstić information content (AvgIpc) is 3.33. The van der Waals surface area contributed by atoms with E-state index in [9.17, 15) is 4.79 Å². The first-order chi connectivity index (χ1) is 13.6. The van der Waals surface area contributed by atoms with Crippen molar-refractivity contribution >= 4 is 16.9 Å². The molecule has 1 amide bonds. The van der Waals surface area contributed by atoms with Crippen molar-refractivity contribution in [2.45, 2.75) is 18.9 Å². The van der Waals surface area contributed by atoms with Crippen LogP contribution in [0.3, 0.4) is 0 Å². The van der Waals surface area contributed by atoms with Crippen LogP contribution in [0.5, 0.6) is 0 Å². The molecule has 0 spiro atoms. The van der Waals surface area contributed by atoms with E-state index in [0.29, 0.717) is 11.6 Å². The molecule has 0 bridgehead atoms. The van der Waals surface area contributed by atoms with Gasteiger partial charge in [-0.25, -0.2) is 4.98 Å². The van der Waals surface area contributed by atoms with E-state index >= 15 is 0 Å². The first-order valence-corrected chi connectivity index (χ1v) is 9.26. The number of aromatic amines is 1. The molecular weight excluding hydrogens is 348 g/mol. The van der Waals surface area contributed by atoms with Gasteiger partial charge in [0, 0.05) is 29.4 Å². The summed E-state index contributed by atoms with van der Waals surface area (Å²) in [4.78, 5) is 18.3. The van der Waals surface area contributed by atoms with Crippen molar-refractivity contribution in [1.82, 2.24) is 9.97 Å². The van der Waals surface area contributed by atoms with Gasteiger partial charge in [-0.15, -0.1) is 0 Å². The van der Waals surface area contributed by atoms with Crippen LogP contribution in [0, 0.1) is 0 Å². The van der Waals surface area contributed by atoms with Crippen molar-refractivity contribution < 1.29 is 4.79 Å². The van der Waals surface area contributed by atoms with Gasteiger partial charge in [0.25, 0.3) is 0 Å². The van der Waals surface area contributed by atoms with Crippen molar-refractivity contribution in [2.75, 3.05) is 0 Å². The highest BCUT2D eigenvalue weighted by atomic mass is 16.1. The summed E-state index contributed by atoms with van der Waals surface area (Å²) in [5.74, 6) is -0.414. The van der Waals surface area contributed by atoms with E-state index in [0.717, 1.165) is 35.0 Å². The van der Waals surface area contributed by atoms with E-state index in [1.165, 1.54) is 11.1 Å². The highest BCUT2D eigenvalue weighted by Gasteiger charge is 2.16. The Morgan fingerprint density at radius 3 is 2.29 bits per heavy atom. The summed E-state index contributed by atoms with van der Waals surface area (Å²) in [6.45, 7) is 0. The summed E-state index contributed by atoms with van der Waals surface area (Å²) in [7, 11) is 0. The molecule has 1 aliphatic rings. The first kappa shape index (κ1) is 17.9. The Kier molecular flexibility index (Phi) is 4.91. The van der Waals surface area contributed by atoms with Crippen molar-refractivity contribution in [2.24, 2.45) is 11.5 Å². The van der Waals surface area contributed by atoms with Crippen LogP contribution >= 0.6 is 0 Å². The van der Waals surface area contributed by atoms with E-state index in [2.05, 4.69) is 34.2 Å². The second-order valence-corrected chi connectivity index (χ2v) is 6.98. The topological polar surface area (TPSA) is 97.8 Å². The third-order valence-electron chi connectivity index (χ3n) is 5.02.